The Morgan fingerprint density at radius 1 is 1.03 bits per heavy atom. The minimum absolute atomic E-state index is 0.186. The van der Waals surface area contributed by atoms with Crippen LogP contribution in [0.5, 0.6) is 11.6 Å². The average Bonchev–Trinajstić information content (AvgIpc) is 3.27. The maximum absolute atomic E-state index is 13.4. The van der Waals surface area contributed by atoms with Crippen LogP contribution in [0.25, 0.3) is 10.2 Å². The van der Waals surface area contributed by atoms with Crippen molar-refractivity contribution in [2.24, 2.45) is 0 Å². The molecule has 12 heteroatoms. The summed E-state index contributed by atoms with van der Waals surface area (Å²) in [5, 5.41) is 3.15. The zero-order chi connectivity index (χ0) is 25.3. The molecule has 1 saturated heterocycles. The molecule has 0 atom stereocenters. The molecule has 1 aliphatic rings. The quantitative estimate of drug-likeness (QED) is 0.393. The molecule has 1 aliphatic heterocycles. The second kappa shape index (κ2) is 9.61. The van der Waals surface area contributed by atoms with Crippen molar-refractivity contribution >= 4 is 44.1 Å². The lowest BCUT2D eigenvalue weighted by molar-refractivity contribution is -0.137. The lowest BCUT2D eigenvalue weighted by Gasteiger charge is -2.37. The monoisotopic (exact) mass is 514 g/mol. The number of rotatable bonds is 5. The molecule has 0 spiro atoms. The number of para-hydroxylation sites is 2. The molecule has 0 radical (unpaired) electrons. The Labute approximate surface area is 208 Å². The summed E-state index contributed by atoms with van der Waals surface area (Å²) in [7, 11) is 0. The minimum Gasteiger partial charge on any atom is -0.437 e. The van der Waals surface area contributed by atoms with Gasteiger partial charge in [0.2, 0.25) is 11.8 Å². The van der Waals surface area contributed by atoms with Gasteiger partial charge in [-0.1, -0.05) is 29.5 Å². The Hall–Kier alpha value is -3.93. The summed E-state index contributed by atoms with van der Waals surface area (Å²) in [6.45, 7) is 3.23. The van der Waals surface area contributed by atoms with Crippen molar-refractivity contribution in [3.63, 3.8) is 0 Å². The van der Waals surface area contributed by atoms with E-state index in [1.807, 2.05) is 17.0 Å². The molecular formula is C24H21F3N6O2S. The lowest BCUT2D eigenvalue weighted by Crippen LogP contribution is -2.47. The van der Waals surface area contributed by atoms with Crippen molar-refractivity contribution in [1.82, 2.24) is 15.0 Å². The fraction of sp³-hybridized carbons (Fsp3) is 0.250. The summed E-state index contributed by atoms with van der Waals surface area (Å²) in [5.74, 6) is 1.21. The van der Waals surface area contributed by atoms with Crippen LogP contribution in [-0.4, -0.2) is 47.0 Å². The highest BCUT2D eigenvalue weighted by Gasteiger charge is 2.35. The molecule has 8 nitrogen and oxygen atoms in total. The van der Waals surface area contributed by atoms with Crippen molar-refractivity contribution in [3.8, 4) is 11.6 Å². The molecular weight excluding hydrogens is 493 g/mol. The maximum atomic E-state index is 13.4. The number of hydrogen-bond donors (Lipinski definition) is 1. The number of fused-ring (bicyclic) bond motifs is 1. The van der Waals surface area contributed by atoms with Gasteiger partial charge in [-0.15, -0.1) is 0 Å². The second-order valence-electron chi connectivity index (χ2n) is 8.11. The van der Waals surface area contributed by atoms with Gasteiger partial charge in [-0.2, -0.15) is 13.2 Å². The number of alkyl halides is 3. The van der Waals surface area contributed by atoms with Gasteiger partial charge in [-0.3, -0.25) is 4.79 Å². The van der Waals surface area contributed by atoms with Crippen molar-refractivity contribution < 1.29 is 22.7 Å². The SMILES string of the molecule is CC(=O)Nc1nc2c(Oc3cc(N4CCN(c5ccccc5C(F)(F)F)CC4)ncn3)cccc2s1. The molecule has 4 aromatic rings. The highest BCUT2D eigenvalue weighted by atomic mass is 32.1. The van der Waals surface area contributed by atoms with E-state index in [-0.39, 0.29) is 11.6 Å². The van der Waals surface area contributed by atoms with Crippen molar-refractivity contribution in [1.29, 1.82) is 0 Å². The number of halogens is 3. The standard InChI is InChI=1S/C24H21F3N6O2S/c1-15(34)30-23-31-22-18(7-4-8-19(22)36-23)35-21-13-20(28-14-29-21)33-11-9-32(10-12-33)17-6-3-2-5-16(17)24(25,26)27/h2-8,13-14H,9-12H2,1H3,(H,30,31,34). The topological polar surface area (TPSA) is 83.5 Å². The molecule has 1 fully saturated rings. The van der Waals surface area contributed by atoms with Crippen LogP contribution < -0.4 is 19.9 Å². The summed E-state index contributed by atoms with van der Waals surface area (Å²) in [6.07, 6.45) is -3.02. The molecule has 0 bridgehead atoms. The first-order valence-corrected chi connectivity index (χ1v) is 11.9. The van der Waals surface area contributed by atoms with Crippen LogP contribution in [0.15, 0.2) is 54.9 Å². The van der Waals surface area contributed by atoms with Gasteiger partial charge in [0.15, 0.2) is 10.9 Å². The average molecular weight is 515 g/mol. The molecule has 2 aromatic heterocycles. The first kappa shape index (κ1) is 23.8. The largest absolute Gasteiger partial charge is 0.437 e. The number of benzene rings is 2. The Bertz CT molecular complexity index is 1400. The smallest absolute Gasteiger partial charge is 0.418 e. The Balaban J connectivity index is 1.30. The molecule has 1 N–H and O–H groups in total. The number of hydrogen-bond acceptors (Lipinski definition) is 8. The number of carbonyl (C=O) groups excluding carboxylic acids is 1. The van der Waals surface area contributed by atoms with Gasteiger partial charge in [-0.05, 0) is 24.3 Å². The van der Waals surface area contributed by atoms with Crippen LogP contribution in [0.1, 0.15) is 12.5 Å². The van der Waals surface area contributed by atoms with Crippen molar-refractivity contribution in [2.45, 2.75) is 13.1 Å². The molecule has 186 valence electrons. The number of thiazole rings is 1. The van der Waals surface area contributed by atoms with E-state index in [9.17, 15) is 18.0 Å². The highest BCUT2D eigenvalue weighted by molar-refractivity contribution is 7.22. The molecule has 3 heterocycles. The number of ether oxygens (including phenoxy) is 1. The molecule has 2 aromatic carbocycles. The highest BCUT2D eigenvalue weighted by Crippen LogP contribution is 2.37. The maximum Gasteiger partial charge on any atom is 0.418 e. The van der Waals surface area contributed by atoms with E-state index < -0.39 is 11.7 Å². The van der Waals surface area contributed by atoms with E-state index in [0.29, 0.717) is 54.3 Å². The van der Waals surface area contributed by atoms with Crippen LogP contribution in [0.4, 0.5) is 29.8 Å². The number of nitrogens with zero attached hydrogens (tertiary/aromatic N) is 5. The Morgan fingerprint density at radius 2 is 1.78 bits per heavy atom. The van der Waals surface area contributed by atoms with Crippen LogP contribution in [0.3, 0.4) is 0 Å². The molecule has 1 amide bonds. The number of piperazine rings is 1. The normalized spacial score (nSPS) is 14.2. The van der Waals surface area contributed by atoms with Crippen molar-refractivity contribution in [2.75, 3.05) is 41.3 Å². The Morgan fingerprint density at radius 3 is 2.53 bits per heavy atom. The summed E-state index contributed by atoms with van der Waals surface area (Å²) in [5.41, 5.74) is 0.156. The van der Waals surface area contributed by atoms with Crippen LogP contribution in [-0.2, 0) is 11.0 Å². The van der Waals surface area contributed by atoms with Gasteiger partial charge >= 0.3 is 6.18 Å². The first-order chi connectivity index (χ1) is 17.3. The van der Waals surface area contributed by atoms with Crippen LogP contribution >= 0.6 is 11.3 Å². The van der Waals surface area contributed by atoms with Gasteiger partial charge in [0.1, 0.15) is 17.7 Å². The van der Waals surface area contributed by atoms with E-state index in [1.54, 1.807) is 23.1 Å². The van der Waals surface area contributed by atoms with E-state index in [0.717, 1.165) is 10.8 Å². The van der Waals surface area contributed by atoms with Gasteiger partial charge in [0, 0.05) is 44.9 Å². The van der Waals surface area contributed by atoms with E-state index in [1.165, 1.54) is 36.7 Å². The third kappa shape index (κ3) is 5.03. The lowest BCUT2D eigenvalue weighted by atomic mass is 10.1. The fourth-order valence-corrected chi connectivity index (χ4v) is 4.98. The predicted octanol–water partition coefficient (Wildman–Crippen LogP) is 5.18. The third-order valence-corrected chi connectivity index (χ3v) is 6.60. The molecule has 5 rings (SSSR count). The summed E-state index contributed by atoms with van der Waals surface area (Å²) in [4.78, 5) is 28.1. The van der Waals surface area contributed by atoms with Crippen LogP contribution in [0.2, 0.25) is 0 Å². The Kier molecular flexibility index (Phi) is 6.35. The molecule has 0 saturated carbocycles. The zero-order valence-electron chi connectivity index (χ0n) is 19.1. The van der Waals surface area contributed by atoms with Gasteiger partial charge in [-0.25, -0.2) is 15.0 Å². The van der Waals surface area contributed by atoms with Gasteiger partial charge in [0.25, 0.3) is 0 Å². The molecule has 36 heavy (non-hydrogen) atoms. The fourth-order valence-electron chi connectivity index (χ4n) is 4.05. The molecule has 0 aliphatic carbocycles. The van der Waals surface area contributed by atoms with Gasteiger partial charge < -0.3 is 19.9 Å². The van der Waals surface area contributed by atoms with E-state index in [2.05, 4.69) is 20.3 Å². The van der Waals surface area contributed by atoms with Crippen LogP contribution in [0, 0.1) is 0 Å². The number of carbonyl (C=O) groups is 1. The third-order valence-electron chi connectivity index (χ3n) is 5.66. The van der Waals surface area contributed by atoms with E-state index >= 15 is 0 Å². The summed E-state index contributed by atoms with van der Waals surface area (Å²) < 4.78 is 47.1. The summed E-state index contributed by atoms with van der Waals surface area (Å²) >= 11 is 1.34. The van der Waals surface area contributed by atoms with Crippen molar-refractivity contribution in [3.05, 3.63) is 60.4 Å². The number of nitrogens with one attached hydrogen (secondary N) is 1. The first-order valence-electron chi connectivity index (χ1n) is 11.1. The second-order valence-corrected chi connectivity index (χ2v) is 9.14. The number of aromatic nitrogens is 3. The number of anilines is 3. The summed E-state index contributed by atoms with van der Waals surface area (Å²) in [6, 6.07) is 12.8. The predicted molar refractivity (Wildman–Crippen MR) is 132 cm³/mol. The zero-order valence-corrected chi connectivity index (χ0v) is 19.9. The van der Waals surface area contributed by atoms with E-state index in [4.69, 9.17) is 4.74 Å². The molecule has 0 unspecified atom stereocenters. The van der Waals surface area contributed by atoms with Gasteiger partial charge in [0.05, 0.1) is 10.3 Å². The number of amides is 1. The minimum atomic E-state index is -4.41.